The average molecular weight is 255 g/mol. The zero-order chi connectivity index (χ0) is 13.4. The van der Waals surface area contributed by atoms with Crippen molar-refractivity contribution in [3.63, 3.8) is 0 Å². The van der Waals surface area contributed by atoms with Gasteiger partial charge in [-0.3, -0.25) is 4.79 Å². The van der Waals surface area contributed by atoms with Gasteiger partial charge in [0.15, 0.2) is 11.5 Å². The van der Waals surface area contributed by atoms with Gasteiger partial charge in [-0.1, -0.05) is 0 Å². The summed E-state index contributed by atoms with van der Waals surface area (Å²) >= 11 is 0. The SMILES string of the molecule is Cn1nc(-c2ccc3c(c2)OCO3)c(C#N)cc1=O. The minimum absolute atomic E-state index is 0.185. The molecule has 2 heterocycles. The first kappa shape index (κ1) is 11.3. The Kier molecular flexibility index (Phi) is 2.46. The van der Waals surface area contributed by atoms with Crippen LogP contribution in [0.15, 0.2) is 29.1 Å². The van der Waals surface area contributed by atoms with Crippen LogP contribution in [0.3, 0.4) is 0 Å². The van der Waals surface area contributed by atoms with E-state index < -0.39 is 0 Å². The highest BCUT2D eigenvalue weighted by Crippen LogP contribution is 2.35. The third-order valence-electron chi connectivity index (χ3n) is 2.86. The van der Waals surface area contributed by atoms with Crippen molar-refractivity contribution in [2.75, 3.05) is 6.79 Å². The number of nitrogens with zero attached hydrogens (tertiary/aromatic N) is 3. The molecule has 6 heteroatoms. The lowest BCUT2D eigenvalue weighted by atomic mass is 10.1. The maximum atomic E-state index is 11.5. The van der Waals surface area contributed by atoms with E-state index in [1.165, 1.54) is 10.7 Å². The standard InChI is InChI=1S/C13H9N3O3/c1-16-12(17)5-9(6-14)13(15-16)8-2-3-10-11(4-8)19-7-18-10/h2-5H,7H2,1H3. The molecule has 19 heavy (non-hydrogen) atoms. The van der Waals surface area contributed by atoms with Crippen LogP contribution in [0.2, 0.25) is 0 Å². The third kappa shape index (κ3) is 1.81. The Labute approximate surface area is 108 Å². The highest BCUT2D eigenvalue weighted by molar-refractivity contribution is 5.69. The first-order chi connectivity index (χ1) is 9.19. The van der Waals surface area contributed by atoms with Crippen molar-refractivity contribution in [2.24, 2.45) is 7.05 Å². The number of aromatic nitrogens is 2. The molecule has 0 radical (unpaired) electrons. The fraction of sp³-hybridized carbons (Fsp3) is 0.154. The molecule has 0 amide bonds. The molecule has 0 saturated carbocycles. The molecule has 1 aliphatic rings. The number of nitriles is 1. The molecule has 0 fully saturated rings. The predicted octanol–water partition coefficient (Wildman–Crippen LogP) is 1.05. The van der Waals surface area contributed by atoms with Gasteiger partial charge < -0.3 is 9.47 Å². The van der Waals surface area contributed by atoms with Gasteiger partial charge in [0.2, 0.25) is 6.79 Å². The molecule has 1 aliphatic heterocycles. The highest BCUT2D eigenvalue weighted by atomic mass is 16.7. The summed E-state index contributed by atoms with van der Waals surface area (Å²) in [6.07, 6.45) is 0. The molecular weight excluding hydrogens is 246 g/mol. The van der Waals surface area contributed by atoms with Crippen LogP contribution < -0.4 is 15.0 Å². The fourth-order valence-electron chi connectivity index (χ4n) is 1.88. The van der Waals surface area contributed by atoms with Crippen molar-refractivity contribution in [1.29, 1.82) is 5.26 Å². The van der Waals surface area contributed by atoms with E-state index in [2.05, 4.69) is 5.10 Å². The van der Waals surface area contributed by atoms with E-state index in [0.717, 1.165) is 0 Å². The van der Waals surface area contributed by atoms with E-state index in [9.17, 15) is 4.79 Å². The predicted molar refractivity (Wildman–Crippen MR) is 65.8 cm³/mol. The number of benzene rings is 1. The molecule has 1 aromatic carbocycles. The normalized spacial score (nSPS) is 12.2. The molecule has 2 aromatic rings. The van der Waals surface area contributed by atoms with Crippen LogP contribution in [0.4, 0.5) is 0 Å². The minimum atomic E-state index is -0.318. The molecule has 0 atom stereocenters. The topological polar surface area (TPSA) is 77.1 Å². The van der Waals surface area contributed by atoms with Crippen molar-refractivity contribution in [3.05, 3.63) is 40.2 Å². The monoisotopic (exact) mass is 255 g/mol. The van der Waals surface area contributed by atoms with E-state index in [-0.39, 0.29) is 17.9 Å². The lowest BCUT2D eigenvalue weighted by molar-refractivity contribution is 0.174. The van der Waals surface area contributed by atoms with E-state index in [0.29, 0.717) is 22.8 Å². The number of hydrogen-bond donors (Lipinski definition) is 0. The first-order valence-electron chi connectivity index (χ1n) is 5.57. The molecule has 94 valence electrons. The summed E-state index contributed by atoms with van der Waals surface area (Å²) in [4.78, 5) is 11.5. The molecule has 0 aliphatic carbocycles. The Balaban J connectivity index is 2.20. The molecule has 3 rings (SSSR count). The maximum Gasteiger partial charge on any atom is 0.267 e. The third-order valence-corrected chi connectivity index (χ3v) is 2.86. The van der Waals surface area contributed by atoms with Gasteiger partial charge >= 0.3 is 0 Å². The van der Waals surface area contributed by atoms with Crippen molar-refractivity contribution < 1.29 is 9.47 Å². The average Bonchev–Trinajstić information content (AvgIpc) is 2.88. The zero-order valence-corrected chi connectivity index (χ0v) is 10.1. The Bertz CT molecular complexity index is 759. The van der Waals surface area contributed by atoms with Gasteiger partial charge in [0, 0.05) is 18.7 Å². The van der Waals surface area contributed by atoms with Crippen LogP contribution >= 0.6 is 0 Å². The molecule has 0 saturated heterocycles. The molecule has 0 N–H and O–H groups in total. The lowest BCUT2D eigenvalue weighted by Gasteiger charge is -2.06. The van der Waals surface area contributed by atoms with Gasteiger partial charge in [0.25, 0.3) is 5.56 Å². The van der Waals surface area contributed by atoms with Gasteiger partial charge in [-0.25, -0.2) is 4.68 Å². The van der Waals surface area contributed by atoms with E-state index >= 15 is 0 Å². The van der Waals surface area contributed by atoms with Gasteiger partial charge in [-0.05, 0) is 18.2 Å². The van der Waals surface area contributed by atoms with Crippen LogP contribution in [-0.2, 0) is 7.05 Å². The summed E-state index contributed by atoms with van der Waals surface area (Å²) in [5, 5.41) is 13.2. The molecule has 6 nitrogen and oxygen atoms in total. The molecule has 1 aromatic heterocycles. The zero-order valence-electron chi connectivity index (χ0n) is 10.1. The van der Waals surface area contributed by atoms with Gasteiger partial charge in [0.1, 0.15) is 11.8 Å². The van der Waals surface area contributed by atoms with E-state index in [1.807, 2.05) is 6.07 Å². The molecule has 0 spiro atoms. The van der Waals surface area contributed by atoms with Crippen molar-refractivity contribution >= 4 is 0 Å². The van der Waals surface area contributed by atoms with Gasteiger partial charge in [-0.15, -0.1) is 0 Å². The second-order valence-corrected chi connectivity index (χ2v) is 4.05. The molecule has 0 bridgehead atoms. The second-order valence-electron chi connectivity index (χ2n) is 4.05. The van der Waals surface area contributed by atoms with E-state index in [1.54, 1.807) is 25.2 Å². The summed E-state index contributed by atoms with van der Waals surface area (Å²) in [5.74, 6) is 1.27. The van der Waals surface area contributed by atoms with Crippen molar-refractivity contribution in [3.8, 4) is 28.8 Å². The Morgan fingerprint density at radius 2 is 2.11 bits per heavy atom. The lowest BCUT2D eigenvalue weighted by Crippen LogP contribution is -2.20. The maximum absolute atomic E-state index is 11.5. The Morgan fingerprint density at radius 3 is 2.89 bits per heavy atom. The summed E-state index contributed by atoms with van der Waals surface area (Å²) in [7, 11) is 1.54. The van der Waals surface area contributed by atoms with Crippen molar-refractivity contribution in [1.82, 2.24) is 9.78 Å². The summed E-state index contributed by atoms with van der Waals surface area (Å²) < 4.78 is 11.7. The van der Waals surface area contributed by atoms with Crippen LogP contribution in [0.1, 0.15) is 5.56 Å². The minimum Gasteiger partial charge on any atom is -0.454 e. The van der Waals surface area contributed by atoms with Crippen LogP contribution in [-0.4, -0.2) is 16.6 Å². The quantitative estimate of drug-likeness (QED) is 0.761. The van der Waals surface area contributed by atoms with Crippen LogP contribution in [0.5, 0.6) is 11.5 Å². The highest BCUT2D eigenvalue weighted by Gasteiger charge is 2.16. The Hall–Kier alpha value is -2.81. The smallest absolute Gasteiger partial charge is 0.267 e. The Morgan fingerprint density at radius 1 is 1.32 bits per heavy atom. The number of rotatable bonds is 1. The number of hydrogen-bond acceptors (Lipinski definition) is 5. The molecule has 0 unspecified atom stereocenters. The van der Waals surface area contributed by atoms with Crippen LogP contribution in [0, 0.1) is 11.3 Å². The van der Waals surface area contributed by atoms with Crippen molar-refractivity contribution in [2.45, 2.75) is 0 Å². The van der Waals surface area contributed by atoms with Gasteiger partial charge in [0.05, 0.1) is 5.56 Å². The van der Waals surface area contributed by atoms with Crippen LogP contribution in [0.25, 0.3) is 11.3 Å². The summed E-state index contributed by atoms with van der Waals surface area (Å²) in [6, 6.07) is 8.53. The number of ether oxygens (including phenoxy) is 2. The number of aryl methyl sites for hydroxylation is 1. The first-order valence-corrected chi connectivity index (χ1v) is 5.57. The second kappa shape index (κ2) is 4.14. The fourth-order valence-corrected chi connectivity index (χ4v) is 1.88. The largest absolute Gasteiger partial charge is 0.454 e. The summed E-state index contributed by atoms with van der Waals surface area (Å²) in [6.45, 7) is 0.185. The van der Waals surface area contributed by atoms with Gasteiger partial charge in [-0.2, -0.15) is 10.4 Å². The van der Waals surface area contributed by atoms with E-state index in [4.69, 9.17) is 14.7 Å². The molecular formula is C13H9N3O3. The number of fused-ring (bicyclic) bond motifs is 1. The summed E-state index contributed by atoms with van der Waals surface area (Å²) in [5.41, 5.74) is 1.07.